The molecule has 1 unspecified atom stereocenters. The lowest BCUT2D eigenvalue weighted by Crippen LogP contribution is -2.56. The molecular formula is C13H16FNO2. The van der Waals surface area contributed by atoms with Crippen LogP contribution in [-0.4, -0.2) is 23.2 Å². The van der Waals surface area contributed by atoms with E-state index in [1.807, 2.05) is 0 Å². The van der Waals surface area contributed by atoms with Gasteiger partial charge in [-0.15, -0.1) is 0 Å². The molecule has 1 saturated heterocycles. The molecule has 0 aliphatic carbocycles. The summed E-state index contributed by atoms with van der Waals surface area (Å²) in [6.07, 6.45) is 2.96. The summed E-state index contributed by atoms with van der Waals surface area (Å²) in [5.41, 5.74) is -0.0287. The summed E-state index contributed by atoms with van der Waals surface area (Å²) in [6.45, 7) is 0.730. The highest BCUT2D eigenvalue weighted by molar-refractivity contribution is 5.79. The molecule has 17 heavy (non-hydrogen) atoms. The second kappa shape index (κ2) is 4.84. The first-order valence-electron chi connectivity index (χ1n) is 5.85. The molecule has 1 aromatic rings. The highest BCUT2D eigenvalue weighted by Crippen LogP contribution is 2.24. The molecule has 2 N–H and O–H groups in total. The Morgan fingerprint density at radius 3 is 2.59 bits per heavy atom. The summed E-state index contributed by atoms with van der Waals surface area (Å²) in [5.74, 6) is -1.11. The third-order valence-electron chi connectivity index (χ3n) is 3.32. The first-order chi connectivity index (χ1) is 8.12. The van der Waals surface area contributed by atoms with Gasteiger partial charge in [0.15, 0.2) is 0 Å². The Bertz CT molecular complexity index is 396. The van der Waals surface area contributed by atoms with E-state index >= 15 is 0 Å². The fraction of sp³-hybridized carbons (Fsp3) is 0.462. The molecule has 92 valence electrons. The van der Waals surface area contributed by atoms with Crippen LogP contribution in [0.5, 0.6) is 0 Å². The highest BCUT2D eigenvalue weighted by Gasteiger charge is 2.39. The molecule has 1 aromatic carbocycles. The van der Waals surface area contributed by atoms with Crippen molar-refractivity contribution in [3.63, 3.8) is 0 Å². The van der Waals surface area contributed by atoms with Crippen LogP contribution in [0.4, 0.5) is 4.39 Å². The monoisotopic (exact) mass is 237 g/mol. The van der Waals surface area contributed by atoms with Gasteiger partial charge in [-0.3, -0.25) is 4.79 Å². The third kappa shape index (κ3) is 2.64. The van der Waals surface area contributed by atoms with Gasteiger partial charge in [0.25, 0.3) is 0 Å². The van der Waals surface area contributed by atoms with Gasteiger partial charge in [-0.1, -0.05) is 12.1 Å². The van der Waals surface area contributed by atoms with Crippen LogP contribution in [0.15, 0.2) is 24.3 Å². The number of piperidine rings is 1. The number of rotatable bonds is 3. The highest BCUT2D eigenvalue weighted by atomic mass is 19.1. The molecule has 1 aliphatic heterocycles. The standard InChI is InChI=1S/C13H16FNO2/c14-11-5-3-10(4-6-11)9-13(12(16)17)7-1-2-8-15-13/h3-6,15H,1-2,7-9H2,(H,16,17). The lowest BCUT2D eigenvalue weighted by molar-refractivity contribution is -0.146. The average molecular weight is 237 g/mol. The molecule has 1 heterocycles. The van der Waals surface area contributed by atoms with Gasteiger partial charge in [0.1, 0.15) is 11.4 Å². The summed E-state index contributed by atoms with van der Waals surface area (Å²) in [5, 5.41) is 12.5. The van der Waals surface area contributed by atoms with Gasteiger partial charge in [-0.25, -0.2) is 4.39 Å². The van der Waals surface area contributed by atoms with Gasteiger partial charge in [-0.05, 0) is 43.5 Å². The molecule has 2 rings (SSSR count). The average Bonchev–Trinajstić information content (AvgIpc) is 2.33. The van der Waals surface area contributed by atoms with E-state index in [2.05, 4.69) is 5.32 Å². The largest absolute Gasteiger partial charge is 0.480 e. The van der Waals surface area contributed by atoms with Crippen molar-refractivity contribution in [3.8, 4) is 0 Å². The van der Waals surface area contributed by atoms with Crippen molar-refractivity contribution < 1.29 is 14.3 Å². The second-order valence-electron chi connectivity index (χ2n) is 4.57. The topological polar surface area (TPSA) is 49.3 Å². The van der Waals surface area contributed by atoms with Crippen LogP contribution in [0.2, 0.25) is 0 Å². The maximum atomic E-state index is 12.8. The fourth-order valence-corrected chi connectivity index (χ4v) is 2.33. The van der Waals surface area contributed by atoms with Crippen molar-refractivity contribution in [1.82, 2.24) is 5.32 Å². The first-order valence-corrected chi connectivity index (χ1v) is 5.85. The Labute approximate surface area is 99.7 Å². The van der Waals surface area contributed by atoms with Crippen LogP contribution in [-0.2, 0) is 11.2 Å². The number of carbonyl (C=O) groups is 1. The van der Waals surface area contributed by atoms with E-state index in [4.69, 9.17) is 0 Å². The van der Waals surface area contributed by atoms with Crippen LogP contribution in [0, 0.1) is 5.82 Å². The number of hydrogen-bond donors (Lipinski definition) is 2. The number of aliphatic carboxylic acids is 1. The van der Waals surface area contributed by atoms with Crippen molar-refractivity contribution in [1.29, 1.82) is 0 Å². The minimum Gasteiger partial charge on any atom is -0.480 e. The van der Waals surface area contributed by atoms with Gasteiger partial charge in [0.2, 0.25) is 0 Å². The van der Waals surface area contributed by atoms with Gasteiger partial charge < -0.3 is 10.4 Å². The minimum absolute atomic E-state index is 0.297. The lowest BCUT2D eigenvalue weighted by atomic mass is 9.83. The van der Waals surface area contributed by atoms with Crippen LogP contribution >= 0.6 is 0 Å². The van der Waals surface area contributed by atoms with Crippen LogP contribution < -0.4 is 5.32 Å². The Morgan fingerprint density at radius 2 is 2.06 bits per heavy atom. The van der Waals surface area contributed by atoms with E-state index in [0.29, 0.717) is 12.8 Å². The number of carboxylic acids is 1. The van der Waals surface area contributed by atoms with Gasteiger partial charge in [0, 0.05) is 6.42 Å². The Balaban J connectivity index is 2.17. The first kappa shape index (κ1) is 12.0. The Kier molecular flexibility index (Phi) is 3.43. The number of hydrogen-bond acceptors (Lipinski definition) is 2. The molecule has 4 heteroatoms. The zero-order valence-electron chi connectivity index (χ0n) is 9.58. The molecule has 0 radical (unpaired) electrons. The van der Waals surface area contributed by atoms with E-state index in [1.165, 1.54) is 12.1 Å². The third-order valence-corrected chi connectivity index (χ3v) is 3.32. The molecular weight excluding hydrogens is 221 g/mol. The Hall–Kier alpha value is -1.42. The fourth-order valence-electron chi connectivity index (χ4n) is 2.33. The van der Waals surface area contributed by atoms with E-state index < -0.39 is 11.5 Å². The summed E-state index contributed by atoms with van der Waals surface area (Å²) in [6, 6.07) is 6.04. The number of carboxylic acid groups (broad SMARTS) is 1. The van der Waals surface area contributed by atoms with E-state index in [9.17, 15) is 14.3 Å². The van der Waals surface area contributed by atoms with Crippen molar-refractivity contribution >= 4 is 5.97 Å². The zero-order chi connectivity index (χ0) is 12.3. The Morgan fingerprint density at radius 1 is 1.35 bits per heavy atom. The van der Waals surface area contributed by atoms with Crippen molar-refractivity contribution in [2.45, 2.75) is 31.2 Å². The van der Waals surface area contributed by atoms with Crippen molar-refractivity contribution in [2.24, 2.45) is 0 Å². The van der Waals surface area contributed by atoms with Crippen molar-refractivity contribution in [3.05, 3.63) is 35.6 Å². The molecule has 0 saturated carbocycles. The van der Waals surface area contributed by atoms with Crippen LogP contribution in [0.25, 0.3) is 0 Å². The molecule has 1 aliphatic rings. The van der Waals surface area contributed by atoms with Crippen LogP contribution in [0.1, 0.15) is 24.8 Å². The predicted octanol–water partition coefficient (Wildman–Crippen LogP) is 1.97. The number of benzene rings is 1. The smallest absolute Gasteiger partial charge is 0.324 e. The maximum Gasteiger partial charge on any atom is 0.324 e. The van der Waals surface area contributed by atoms with Gasteiger partial charge in [-0.2, -0.15) is 0 Å². The van der Waals surface area contributed by atoms with E-state index in [0.717, 1.165) is 24.9 Å². The molecule has 3 nitrogen and oxygen atoms in total. The summed E-state index contributed by atoms with van der Waals surface area (Å²) >= 11 is 0. The van der Waals surface area contributed by atoms with Crippen LogP contribution in [0.3, 0.4) is 0 Å². The molecule has 0 spiro atoms. The number of nitrogens with one attached hydrogen (secondary N) is 1. The second-order valence-corrected chi connectivity index (χ2v) is 4.57. The van der Waals surface area contributed by atoms with E-state index in [-0.39, 0.29) is 5.82 Å². The van der Waals surface area contributed by atoms with Gasteiger partial charge in [0.05, 0.1) is 0 Å². The quantitative estimate of drug-likeness (QED) is 0.845. The van der Waals surface area contributed by atoms with Crippen molar-refractivity contribution in [2.75, 3.05) is 6.54 Å². The molecule has 1 fully saturated rings. The molecule has 0 aromatic heterocycles. The summed E-state index contributed by atoms with van der Waals surface area (Å²) in [4.78, 5) is 11.4. The summed E-state index contributed by atoms with van der Waals surface area (Å²) < 4.78 is 12.8. The molecule has 1 atom stereocenters. The number of halogens is 1. The van der Waals surface area contributed by atoms with E-state index in [1.54, 1.807) is 12.1 Å². The normalized spacial score (nSPS) is 24.5. The van der Waals surface area contributed by atoms with Gasteiger partial charge >= 0.3 is 5.97 Å². The maximum absolute atomic E-state index is 12.8. The molecule has 0 bridgehead atoms. The predicted molar refractivity (Wildman–Crippen MR) is 62.3 cm³/mol. The molecule has 0 amide bonds. The summed E-state index contributed by atoms with van der Waals surface area (Å²) in [7, 11) is 0. The minimum atomic E-state index is -0.879. The lowest BCUT2D eigenvalue weighted by Gasteiger charge is -2.34. The SMILES string of the molecule is O=C(O)C1(Cc2ccc(F)cc2)CCCCN1. The zero-order valence-corrected chi connectivity index (χ0v) is 9.58.